The van der Waals surface area contributed by atoms with Gasteiger partial charge in [0, 0.05) is 25.2 Å². The van der Waals surface area contributed by atoms with Crippen molar-refractivity contribution in [1.82, 2.24) is 9.88 Å². The van der Waals surface area contributed by atoms with Crippen LogP contribution in [0.25, 0.3) is 22.7 Å². The molecule has 1 aromatic heterocycles. The molecule has 0 N–H and O–H groups in total. The zero-order chi connectivity index (χ0) is 14.7. The molecule has 0 atom stereocenters. The Morgan fingerprint density at radius 3 is 2.33 bits per heavy atom. The first-order chi connectivity index (χ1) is 10.2. The summed E-state index contributed by atoms with van der Waals surface area (Å²) < 4.78 is 0. The summed E-state index contributed by atoms with van der Waals surface area (Å²) in [6.45, 7) is 0. The third-order valence-corrected chi connectivity index (χ3v) is 3.46. The SMILES string of the molecule is CN(C)C(=Cc1ccc2ccccc2n1)c1ccccc1. The van der Waals surface area contributed by atoms with Crippen molar-refractivity contribution in [2.45, 2.75) is 0 Å². The van der Waals surface area contributed by atoms with E-state index in [-0.39, 0.29) is 0 Å². The highest BCUT2D eigenvalue weighted by Gasteiger charge is 2.04. The van der Waals surface area contributed by atoms with Crippen molar-refractivity contribution in [3.05, 3.63) is 78.0 Å². The molecule has 1 heterocycles. The molecule has 3 rings (SSSR count). The molecule has 104 valence electrons. The summed E-state index contributed by atoms with van der Waals surface area (Å²) in [6.07, 6.45) is 2.13. The first-order valence-electron chi connectivity index (χ1n) is 7.04. The van der Waals surface area contributed by atoms with Gasteiger partial charge in [0.25, 0.3) is 0 Å². The topological polar surface area (TPSA) is 16.1 Å². The van der Waals surface area contributed by atoms with Crippen LogP contribution in [0.15, 0.2) is 66.7 Å². The highest BCUT2D eigenvalue weighted by atomic mass is 15.1. The van der Waals surface area contributed by atoms with Crippen LogP contribution in [-0.2, 0) is 0 Å². The maximum absolute atomic E-state index is 4.72. The fourth-order valence-corrected chi connectivity index (χ4v) is 2.38. The van der Waals surface area contributed by atoms with E-state index in [9.17, 15) is 0 Å². The van der Waals surface area contributed by atoms with E-state index in [4.69, 9.17) is 4.98 Å². The molecule has 0 aliphatic rings. The first kappa shape index (κ1) is 13.4. The Labute approximate surface area is 125 Å². The average molecular weight is 274 g/mol. The zero-order valence-corrected chi connectivity index (χ0v) is 12.3. The van der Waals surface area contributed by atoms with Gasteiger partial charge in [-0.3, -0.25) is 0 Å². The molecular formula is C19H18N2. The number of rotatable bonds is 3. The van der Waals surface area contributed by atoms with E-state index in [2.05, 4.69) is 67.5 Å². The summed E-state index contributed by atoms with van der Waals surface area (Å²) in [4.78, 5) is 6.84. The Hall–Kier alpha value is -2.61. The maximum Gasteiger partial charge on any atom is 0.0709 e. The summed E-state index contributed by atoms with van der Waals surface area (Å²) >= 11 is 0. The number of para-hydroxylation sites is 1. The highest BCUT2D eigenvalue weighted by molar-refractivity contribution is 5.83. The Morgan fingerprint density at radius 1 is 0.857 bits per heavy atom. The van der Waals surface area contributed by atoms with Gasteiger partial charge >= 0.3 is 0 Å². The second kappa shape index (κ2) is 5.80. The standard InChI is InChI=1S/C19H18N2/c1-21(2)19(16-9-4-3-5-10-16)14-17-13-12-15-8-6-7-11-18(15)20-17/h3-14H,1-2H3. The maximum atomic E-state index is 4.72. The lowest BCUT2D eigenvalue weighted by molar-refractivity contribution is 0.595. The third-order valence-electron chi connectivity index (χ3n) is 3.46. The fraction of sp³-hybridized carbons (Fsp3) is 0.105. The van der Waals surface area contributed by atoms with Crippen LogP contribution in [0, 0.1) is 0 Å². The molecule has 0 fully saturated rings. The summed E-state index contributed by atoms with van der Waals surface area (Å²) in [6, 6.07) is 22.7. The van der Waals surface area contributed by atoms with Crippen molar-refractivity contribution in [1.29, 1.82) is 0 Å². The number of fused-ring (bicyclic) bond motifs is 1. The van der Waals surface area contributed by atoms with E-state index in [0.717, 1.165) is 16.9 Å². The van der Waals surface area contributed by atoms with Crippen molar-refractivity contribution in [3.8, 4) is 0 Å². The van der Waals surface area contributed by atoms with E-state index < -0.39 is 0 Å². The number of benzene rings is 2. The molecule has 2 aromatic carbocycles. The minimum Gasteiger partial charge on any atom is -0.377 e. The molecule has 0 aliphatic heterocycles. The number of pyridine rings is 1. The molecule has 0 saturated heterocycles. The predicted molar refractivity (Wildman–Crippen MR) is 89.7 cm³/mol. The Morgan fingerprint density at radius 2 is 1.57 bits per heavy atom. The van der Waals surface area contributed by atoms with Crippen LogP contribution < -0.4 is 0 Å². The highest BCUT2D eigenvalue weighted by Crippen LogP contribution is 2.20. The van der Waals surface area contributed by atoms with Crippen molar-refractivity contribution in [2.75, 3.05) is 14.1 Å². The smallest absolute Gasteiger partial charge is 0.0709 e. The van der Waals surface area contributed by atoms with Gasteiger partial charge in [0.1, 0.15) is 0 Å². The molecule has 0 amide bonds. The zero-order valence-electron chi connectivity index (χ0n) is 12.3. The molecule has 21 heavy (non-hydrogen) atoms. The van der Waals surface area contributed by atoms with Crippen molar-refractivity contribution < 1.29 is 0 Å². The van der Waals surface area contributed by atoms with Crippen molar-refractivity contribution in [2.24, 2.45) is 0 Å². The number of aromatic nitrogens is 1. The minimum absolute atomic E-state index is 0.973. The summed E-state index contributed by atoms with van der Waals surface area (Å²) in [7, 11) is 4.11. The Balaban J connectivity index is 2.07. The van der Waals surface area contributed by atoms with Crippen molar-refractivity contribution >= 4 is 22.7 Å². The lowest BCUT2D eigenvalue weighted by atomic mass is 10.1. The minimum atomic E-state index is 0.973. The molecular weight excluding hydrogens is 256 g/mol. The number of hydrogen-bond acceptors (Lipinski definition) is 2. The lowest BCUT2D eigenvalue weighted by Gasteiger charge is -2.17. The van der Waals surface area contributed by atoms with Gasteiger partial charge in [-0.1, -0.05) is 54.6 Å². The Kier molecular flexibility index (Phi) is 3.69. The van der Waals surface area contributed by atoms with Crippen molar-refractivity contribution in [3.63, 3.8) is 0 Å². The molecule has 0 radical (unpaired) electrons. The molecule has 0 bridgehead atoms. The monoisotopic (exact) mass is 274 g/mol. The Bertz CT molecular complexity index is 774. The van der Waals surface area contributed by atoms with Crippen LogP contribution in [0.2, 0.25) is 0 Å². The largest absolute Gasteiger partial charge is 0.377 e. The van der Waals surface area contributed by atoms with Crippen LogP contribution in [0.1, 0.15) is 11.3 Å². The van der Waals surface area contributed by atoms with Gasteiger partial charge in [0.05, 0.1) is 11.2 Å². The quantitative estimate of drug-likeness (QED) is 0.708. The van der Waals surface area contributed by atoms with Gasteiger partial charge in [0.2, 0.25) is 0 Å². The number of nitrogens with zero attached hydrogens (tertiary/aromatic N) is 2. The average Bonchev–Trinajstić information content (AvgIpc) is 2.53. The summed E-state index contributed by atoms with van der Waals surface area (Å²) in [5.41, 5.74) is 4.34. The fourth-order valence-electron chi connectivity index (χ4n) is 2.38. The molecule has 0 unspecified atom stereocenters. The van der Waals surface area contributed by atoms with Crippen LogP contribution in [-0.4, -0.2) is 24.0 Å². The molecule has 3 aromatic rings. The third kappa shape index (κ3) is 2.95. The van der Waals surface area contributed by atoms with E-state index in [1.807, 2.05) is 24.3 Å². The molecule has 0 spiro atoms. The van der Waals surface area contributed by atoms with Gasteiger partial charge in [-0.05, 0) is 23.8 Å². The van der Waals surface area contributed by atoms with E-state index in [1.54, 1.807) is 0 Å². The van der Waals surface area contributed by atoms with Crippen LogP contribution >= 0.6 is 0 Å². The van der Waals surface area contributed by atoms with Gasteiger partial charge in [-0.2, -0.15) is 0 Å². The molecule has 0 saturated carbocycles. The van der Waals surface area contributed by atoms with Gasteiger partial charge in [-0.25, -0.2) is 4.98 Å². The summed E-state index contributed by atoms with van der Waals surface area (Å²) in [5.74, 6) is 0. The van der Waals surface area contributed by atoms with E-state index in [1.165, 1.54) is 10.9 Å². The van der Waals surface area contributed by atoms with Crippen LogP contribution in [0.3, 0.4) is 0 Å². The first-order valence-corrected chi connectivity index (χ1v) is 7.04. The lowest BCUT2D eigenvalue weighted by Crippen LogP contribution is -2.09. The van der Waals surface area contributed by atoms with Crippen LogP contribution in [0.5, 0.6) is 0 Å². The molecule has 0 aliphatic carbocycles. The molecule has 2 nitrogen and oxygen atoms in total. The van der Waals surface area contributed by atoms with E-state index >= 15 is 0 Å². The molecule has 2 heteroatoms. The normalized spacial score (nSPS) is 11.6. The number of hydrogen-bond donors (Lipinski definition) is 0. The summed E-state index contributed by atoms with van der Waals surface area (Å²) in [5, 5.41) is 1.17. The predicted octanol–water partition coefficient (Wildman–Crippen LogP) is 4.29. The van der Waals surface area contributed by atoms with E-state index in [0.29, 0.717) is 0 Å². The van der Waals surface area contributed by atoms with Gasteiger partial charge < -0.3 is 4.90 Å². The van der Waals surface area contributed by atoms with Gasteiger partial charge in [-0.15, -0.1) is 0 Å². The second-order valence-electron chi connectivity index (χ2n) is 5.22. The van der Waals surface area contributed by atoms with Gasteiger partial charge in [0.15, 0.2) is 0 Å². The second-order valence-corrected chi connectivity index (χ2v) is 5.22. The van der Waals surface area contributed by atoms with Crippen LogP contribution in [0.4, 0.5) is 0 Å².